The first kappa shape index (κ1) is 19.0. The van der Waals surface area contributed by atoms with Gasteiger partial charge >= 0.3 is 0 Å². The Kier molecular flexibility index (Phi) is 6.45. The molecule has 0 aromatic heterocycles. The maximum absolute atomic E-state index is 9.83. The summed E-state index contributed by atoms with van der Waals surface area (Å²) < 4.78 is 5.66. The maximum atomic E-state index is 9.83. The Labute approximate surface area is 136 Å². The highest BCUT2D eigenvalue weighted by Gasteiger charge is 2.27. The van der Waals surface area contributed by atoms with Gasteiger partial charge in [-0.1, -0.05) is 46.8 Å². The summed E-state index contributed by atoms with van der Waals surface area (Å²) >= 11 is 0. The molecule has 1 aromatic rings. The molecule has 0 fully saturated rings. The molecule has 0 spiro atoms. The Morgan fingerprint density at radius 2 is 1.59 bits per heavy atom. The fraction of sp³-hybridized carbons (Fsp3) is 0.684. The van der Waals surface area contributed by atoms with Gasteiger partial charge in [0.05, 0.1) is 0 Å². The van der Waals surface area contributed by atoms with E-state index in [1.54, 1.807) is 0 Å². The number of aliphatic hydroxyl groups excluding tert-OH is 1. The molecule has 0 aliphatic carbocycles. The fourth-order valence-corrected chi connectivity index (χ4v) is 3.10. The van der Waals surface area contributed by atoms with Gasteiger partial charge in [0.2, 0.25) is 0 Å². The van der Waals surface area contributed by atoms with Crippen LogP contribution in [0.1, 0.15) is 46.6 Å². The van der Waals surface area contributed by atoms with Gasteiger partial charge in [-0.05, 0) is 49.0 Å². The minimum Gasteiger partial charge on any atom is -0.491 e. The first-order valence-corrected chi connectivity index (χ1v) is 8.06. The van der Waals surface area contributed by atoms with Gasteiger partial charge in [-0.15, -0.1) is 0 Å². The van der Waals surface area contributed by atoms with Crippen LogP contribution in [0.3, 0.4) is 0 Å². The smallest absolute Gasteiger partial charge is 0.119 e. The second-order valence-electron chi connectivity index (χ2n) is 8.37. The van der Waals surface area contributed by atoms with Gasteiger partial charge in [0.15, 0.2) is 0 Å². The Balaban J connectivity index is 2.63. The lowest BCUT2D eigenvalue weighted by atomic mass is 9.72. The maximum Gasteiger partial charge on any atom is 0.119 e. The first-order chi connectivity index (χ1) is 9.99. The molecule has 0 radical (unpaired) electrons. The number of hydrogen-bond donors (Lipinski definition) is 1. The number of aliphatic hydroxyl groups is 1. The van der Waals surface area contributed by atoms with Gasteiger partial charge in [-0.3, -0.25) is 0 Å². The normalized spacial score (nSPS) is 14.2. The number of hydrogen-bond acceptors (Lipinski definition) is 3. The molecule has 22 heavy (non-hydrogen) atoms. The van der Waals surface area contributed by atoms with Crippen molar-refractivity contribution in [2.75, 3.05) is 27.2 Å². The largest absolute Gasteiger partial charge is 0.491 e. The molecule has 0 heterocycles. The third-order valence-corrected chi connectivity index (χ3v) is 3.63. The number of benzene rings is 1. The van der Waals surface area contributed by atoms with Crippen molar-refractivity contribution in [2.24, 2.45) is 5.41 Å². The molecule has 0 saturated carbocycles. The highest BCUT2D eigenvalue weighted by atomic mass is 16.5. The molecule has 126 valence electrons. The third kappa shape index (κ3) is 6.80. The van der Waals surface area contributed by atoms with Gasteiger partial charge in [-0.2, -0.15) is 0 Å². The molecule has 1 N–H and O–H groups in total. The quantitative estimate of drug-likeness (QED) is 0.833. The van der Waals surface area contributed by atoms with Crippen LogP contribution in [0.2, 0.25) is 0 Å². The Morgan fingerprint density at radius 1 is 1.05 bits per heavy atom. The van der Waals surface area contributed by atoms with E-state index in [1.807, 2.05) is 31.1 Å². The van der Waals surface area contributed by atoms with E-state index in [0.29, 0.717) is 18.6 Å². The number of ether oxygens (including phenoxy) is 1. The summed E-state index contributed by atoms with van der Waals surface area (Å²) in [7, 11) is 3.88. The summed E-state index contributed by atoms with van der Waals surface area (Å²) in [6, 6.07) is 8.28. The number of rotatable bonds is 7. The van der Waals surface area contributed by atoms with Gasteiger partial charge in [-0.25, -0.2) is 0 Å². The van der Waals surface area contributed by atoms with Crippen molar-refractivity contribution >= 4 is 0 Å². The SMILES string of the molecule is CN(C)C[C@@H](O)COc1ccc(C(C)(C)CC(C)(C)C)cc1. The van der Waals surface area contributed by atoms with E-state index in [4.69, 9.17) is 4.74 Å². The predicted octanol–water partition coefficient (Wildman–Crippen LogP) is 3.70. The molecule has 1 atom stereocenters. The van der Waals surface area contributed by atoms with Crippen LogP contribution in [0.25, 0.3) is 0 Å². The van der Waals surface area contributed by atoms with Crippen LogP contribution >= 0.6 is 0 Å². The monoisotopic (exact) mass is 307 g/mol. The Hall–Kier alpha value is -1.06. The molecule has 3 heteroatoms. The van der Waals surface area contributed by atoms with Crippen molar-refractivity contribution < 1.29 is 9.84 Å². The highest BCUT2D eigenvalue weighted by molar-refractivity contribution is 5.31. The lowest BCUT2D eigenvalue weighted by Gasteiger charge is -2.33. The highest BCUT2D eigenvalue weighted by Crippen LogP contribution is 2.36. The van der Waals surface area contributed by atoms with E-state index in [2.05, 4.69) is 46.8 Å². The minimum absolute atomic E-state index is 0.140. The lowest BCUT2D eigenvalue weighted by Crippen LogP contribution is -2.30. The predicted molar refractivity (Wildman–Crippen MR) is 93.6 cm³/mol. The van der Waals surface area contributed by atoms with Crippen molar-refractivity contribution in [3.05, 3.63) is 29.8 Å². The van der Waals surface area contributed by atoms with Crippen molar-refractivity contribution in [3.8, 4) is 5.75 Å². The average Bonchev–Trinajstić information content (AvgIpc) is 2.33. The number of likely N-dealkylation sites (N-methyl/N-ethyl adjacent to an activating group) is 1. The minimum atomic E-state index is -0.466. The summed E-state index contributed by atoms with van der Waals surface area (Å²) in [6.07, 6.45) is 0.661. The molecule has 0 aliphatic rings. The van der Waals surface area contributed by atoms with Crippen LogP contribution in [-0.2, 0) is 5.41 Å². The van der Waals surface area contributed by atoms with E-state index in [0.717, 1.165) is 12.2 Å². The van der Waals surface area contributed by atoms with Crippen molar-refractivity contribution in [1.82, 2.24) is 4.90 Å². The molecule has 1 aromatic carbocycles. The Morgan fingerprint density at radius 3 is 2.05 bits per heavy atom. The van der Waals surface area contributed by atoms with E-state index in [1.165, 1.54) is 5.56 Å². The second kappa shape index (κ2) is 7.47. The van der Waals surface area contributed by atoms with Crippen molar-refractivity contribution in [1.29, 1.82) is 0 Å². The fourth-order valence-electron chi connectivity index (χ4n) is 3.10. The van der Waals surface area contributed by atoms with Crippen LogP contribution < -0.4 is 4.74 Å². The van der Waals surface area contributed by atoms with Gasteiger partial charge < -0.3 is 14.7 Å². The summed E-state index contributed by atoms with van der Waals surface area (Å²) in [4.78, 5) is 1.95. The van der Waals surface area contributed by atoms with E-state index >= 15 is 0 Å². The van der Waals surface area contributed by atoms with E-state index < -0.39 is 6.10 Å². The third-order valence-electron chi connectivity index (χ3n) is 3.63. The van der Waals surface area contributed by atoms with Crippen LogP contribution in [0, 0.1) is 5.41 Å². The van der Waals surface area contributed by atoms with E-state index in [-0.39, 0.29) is 5.41 Å². The molecular formula is C19H33NO2. The molecule has 3 nitrogen and oxygen atoms in total. The van der Waals surface area contributed by atoms with Crippen LogP contribution in [0.15, 0.2) is 24.3 Å². The van der Waals surface area contributed by atoms with Crippen molar-refractivity contribution in [3.63, 3.8) is 0 Å². The number of nitrogens with zero attached hydrogens (tertiary/aromatic N) is 1. The van der Waals surface area contributed by atoms with Crippen LogP contribution in [0.4, 0.5) is 0 Å². The molecule has 0 amide bonds. The lowest BCUT2D eigenvalue weighted by molar-refractivity contribution is 0.0831. The Bertz CT molecular complexity index is 443. The summed E-state index contributed by atoms with van der Waals surface area (Å²) in [5, 5.41) is 9.83. The van der Waals surface area contributed by atoms with Crippen LogP contribution in [-0.4, -0.2) is 43.4 Å². The zero-order valence-electron chi connectivity index (χ0n) is 15.3. The average molecular weight is 307 g/mol. The standard InChI is InChI=1S/C19H33NO2/c1-18(2,3)14-19(4,5)15-8-10-17(11-9-15)22-13-16(21)12-20(6)7/h8-11,16,21H,12-14H2,1-7H3/t16-/m1/s1. The van der Waals surface area contributed by atoms with Gasteiger partial charge in [0.25, 0.3) is 0 Å². The zero-order valence-corrected chi connectivity index (χ0v) is 15.3. The molecule has 1 rings (SSSR count). The molecular weight excluding hydrogens is 274 g/mol. The molecule has 0 unspecified atom stereocenters. The molecule has 0 aliphatic heterocycles. The molecule has 0 bridgehead atoms. The van der Waals surface area contributed by atoms with Gasteiger partial charge in [0.1, 0.15) is 18.5 Å². The van der Waals surface area contributed by atoms with Crippen molar-refractivity contribution in [2.45, 2.75) is 52.6 Å². The van der Waals surface area contributed by atoms with Gasteiger partial charge in [0, 0.05) is 6.54 Å². The second-order valence-corrected chi connectivity index (χ2v) is 8.37. The topological polar surface area (TPSA) is 32.7 Å². The molecule has 0 saturated heterocycles. The summed E-state index contributed by atoms with van der Waals surface area (Å²) in [5.41, 5.74) is 1.76. The summed E-state index contributed by atoms with van der Waals surface area (Å²) in [6.45, 7) is 12.3. The zero-order chi connectivity index (χ0) is 17.0. The first-order valence-electron chi connectivity index (χ1n) is 8.06. The van der Waals surface area contributed by atoms with Crippen LogP contribution in [0.5, 0.6) is 5.75 Å². The van der Waals surface area contributed by atoms with E-state index in [9.17, 15) is 5.11 Å². The summed E-state index contributed by atoms with van der Waals surface area (Å²) in [5.74, 6) is 0.813.